The van der Waals surface area contributed by atoms with Gasteiger partial charge >= 0.3 is 0 Å². The molecule has 0 spiro atoms. The SMILES string of the molecule is CC1(C)[C@H]2C=C(c3ccccc3)[C@]1(C(=O)N=C=O)CC2. The Labute approximate surface area is 118 Å². The van der Waals surface area contributed by atoms with E-state index in [0.717, 1.165) is 24.0 Å². The van der Waals surface area contributed by atoms with E-state index in [1.807, 2.05) is 30.3 Å². The van der Waals surface area contributed by atoms with Gasteiger partial charge in [-0.3, -0.25) is 4.79 Å². The number of carbonyl (C=O) groups is 1. The number of hydrogen-bond acceptors (Lipinski definition) is 2. The lowest BCUT2D eigenvalue weighted by molar-refractivity contribution is -0.128. The normalized spacial score (nSPS) is 29.7. The summed E-state index contributed by atoms with van der Waals surface area (Å²) in [7, 11) is 0. The van der Waals surface area contributed by atoms with Crippen LogP contribution in [0.1, 0.15) is 32.3 Å². The minimum absolute atomic E-state index is 0.199. The molecule has 0 aliphatic heterocycles. The Balaban J connectivity index is 2.19. The molecule has 0 radical (unpaired) electrons. The van der Waals surface area contributed by atoms with Crippen LogP contribution >= 0.6 is 0 Å². The van der Waals surface area contributed by atoms with E-state index in [-0.39, 0.29) is 11.3 Å². The van der Waals surface area contributed by atoms with Gasteiger partial charge in [-0.1, -0.05) is 50.3 Å². The van der Waals surface area contributed by atoms with Crippen molar-refractivity contribution in [1.82, 2.24) is 0 Å². The van der Waals surface area contributed by atoms with Gasteiger partial charge in [0.2, 0.25) is 6.08 Å². The zero-order chi connectivity index (χ0) is 14.4. The number of isocyanates is 1. The molecule has 1 saturated carbocycles. The minimum atomic E-state index is -0.670. The quantitative estimate of drug-likeness (QED) is 0.609. The Morgan fingerprint density at radius 3 is 2.60 bits per heavy atom. The summed E-state index contributed by atoms with van der Waals surface area (Å²) >= 11 is 0. The number of hydrogen-bond donors (Lipinski definition) is 0. The van der Waals surface area contributed by atoms with Crippen molar-refractivity contribution in [3.8, 4) is 0 Å². The van der Waals surface area contributed by atoms with Crippen molar-refractivity contribution in [2.75, 3.05) is 0 Å². The van der Waals surface area contributed by atoms with Crippen molar-refractivity contribution in [3.63, 3.8) is 0 Å². The summed E-state index contributed by atoms with van der Waals surface area (Å²) in [5, 5.41) is 0. The van der Waals surface area contributed by atoms with Crippen LogP contribution in [0, 0.1) is 16.7 Å². The Bertz CT molecular complexity index is 638. The van der Waals surface area contributed by atoms with Crippen molar-refractivity contribution >= 4 is 17.6 Å². The largest absolute Gasteiger partial charge is 0.271 e. The molecule has 0 N–H and O–H groups in total. The number of benzene rings is 1. The van der Waals surface area contributed by atoms with Gasteiger partial charge in [-0.2, -0.15) is 0 Å². The van der Waals surface area contributed by atoms with Gasteiger partial charge in [0.1, 0.15) is 0 Å². The topological polar surface area (TPSA) is 46.5 Å². The van der Waals surface area contributed by atoms with Crippen LogP contribution in [-0.2, 0) is 9.59 Å². The summed E-state index contributed by atoms with van der Waals surface area (Å²) in [6.45, 7) is 4.21. The fourth-order valence-electron chi connectivity index (χ4n) is 4.08. The lowest BCUT2D eigenvalue weighted by atomic mass is 9.64. The maximum Gasteiger partial charge on any atom is 0.267 e. The van der Waals surface area contributed by atoms with Crippen LogP contribution in [0.3, 0.4) is 0 Å². The molecule has 0 heterocycles. The summed E-state index contributed by atoms with van der Waals surface area (Å²) in [5.74, 6) is 0.0242. The first-order chi connectivity index (χ1) is 9.54. The molecule has 2 aliphatic carbocycles. The van der Waals surface area contributed by atoms with E-state index in [9.17, 15) is 9.59 Å². The lowest BCUT2D eigenvalue weighted by Crippen LogP contribution is -2.39. The number of carbonyl (C=O) groups excluding carboxylic acids is 2. The fourth-order valence-corrected chi connectivity index (χ4v) is 4.08. The Hall–Kier alpha value is -1.99. The van der Waals surface area contributed by atoms with E-state index in [0.29, 0.717) is 5.92 Å². The predicted octanol–water partition coefficient (Wildman–Crippen LogP) is 3.37. The molecule has 3 heteroatoms. The van der Waals surface area contributed by atoms with Crippen molar-refractivity contribution in [2.24, 2.45) is 21.7 Å². The molecule has 0 aromatic heterocycles. The summed E-state index contributed by atoms with van der Waals surface area (Å²) in [5.41, 5.74) is 1.21. The summed E-state index contributed by atoms with van der Waals surface area (Å²) < 4.78 is 0. The molecule has 102 valence electrons. The Morgan fingerprint density at radius 1 is 1.30 bits per heavy atom. The number of fused-ring (bicyclic) bond motifs is 2. The Morgan fingerprint density at radius 2 is 2.00 bits per heavy atom. The second kappa shape index (κ2) is 4.26. The number of rotatable bonds is 2. The van der Waals surface area contributed by atoms with Gasteiger partial charge in [-0.25, -0.2) is 4.79 Å². The highest BCUT2D eigenvalue weighted by molar-refractivity contribution is 6.01. The summed E-state index contributed by atoms with van der Waals surface area (Å²) in [6.07, 6.45) is 5.37. The third kappa shape index (κ3) is 1.44. The first-order valence-electron chi connectivity index (χ1n) is 6.94. The van der Waals surface area contributed by atoms with Gasteiger partial charge in [-0.05, 0) is 35.3 Å². The first kappa shape index (κ1) is 13.0. The molecule has 1 fully saturated rings. The number of aliphatic imine (C=N–C) groups is 1. The first-order valence-corrected chi connectivity index (χ1v) is 6.94. The molecule has 20 heavy (non-hydrogen) atoms. The maximum absolute atomic E-state index is 12.6. The molecular formula is C17H17NO2. The molecule has 0 unspecified atom stereocenters. The zero-order valence-electron chi connectivity index (χ0n) is 11.7. The highest BCUT2D eigenvalue weighted by Crippen LogP contribution is 2.68. The van der Waals surface area contributed by atoms with Crippen molar-refractivity contribution in [1.29, 1.82) is 0 Å². The standard InChI is InChI=1S/C17H17NO2/c1-16(2)13-8-9-17(16,15(20)18-11-19)14(10-13)12-6-4-3-5-7-12/h3-7,10,13H,8-9H2,1-2H3/t13-,17+/m1/s1. The van der Waals surface area contributed by atoms with Gasteiger partial charge in [0.05, 0.1) is 5.41 Å². The molecule has 3 nitrogen and oxygen atoms in total. The van der Waals surface area contributed by atoms with Gasteiger partial charge in [-0.15, -0.1) is 4.99 Å². The van der Waals surface area contributed by atoms with Crippen LogP contribution in [-0.4, -0.2) is 12.0 Å². The second-order valence-corrected chi connectivity index (χ2v) is 6.23. The third-order valence-electron chi connectivity index (χ3n) is 5.28. The molecule has 2 bridgehead atoms. The molecule has 1 aromatic carbocycles. The number of allylic oxidation sites excluding steroid dienone is 1. The van der Waals surface area contributed by atoms with Crippen LogP contribution in [0.25, 0.3) is 5.57 Å². The van der Waals surface area contributed by atoms with Crippen LogP contribution in [0.4, 0.5) is 0 Å². The van der Waals surface area contributed by atoms with Gasteiger partial charge in [0.15, 0.2) is 0 Å². The number of amides is 1. The van der Waals surface area contributed by atoms with Crippen molar-refractivity contribution in [3.05, 3.63) is 42.0 Å². The maximum atomic E-state index is 12.6. The van der Waals surface area contributed by atoms with Crippen LogP contribution in [0.2, 0.25) is 0 Å². The van der Waals surface area contributed by atoms with E-state index in [1.165, 1.54) is 6.08 Å². The van der Waals surface area contributed by atoms with Crippen LogP contribution < -0.4 is 0 Å². The third-order valence-corrected chi connectivity index (χ3v) is 5.28. The van der Waals surface area contributed by atoms with E-state index in [1.54, 1.807) is 0 Å². The Kier molecular flexibility index (Phi) is 2.77. The monoisotopic (exact) mass is 267 g/mol. The molecule has 1 aromatic rings. The molecule has 3 rings (SSSR count). The smallest absolute Gasteiger partial charge is 0.267 e. The molecule has 2 atom stereocenters. The van der Waals surface area contributed by atoms with Crippen molar-refractivity contribution < 1.29 is 9.59 Å². The predicted molar refractivity (Wildman–Crippen MR) is 76.5 cm³/mol. The molecule has 0 saturated heterocycles. The second-order valence-electron chi connectivity index (χ2n) is 6.23. The highest BCUT2D eigenvalue weighted by Gasteiger charge is 2.64. The average molecular weight is 267 g/mol. The highest BCUT2D eigenvalue weighted by atomic mass is 16.2. The zero-order valence-corrected chi connectivity index (χ0v) is 11.7. The van der Waals surface area contributed by atoms with Gasteiger partial charge in [0.25, 0.3) is 5.91 Å². The lowest BCUT2D eigenvalue weighted by Gasteiger charge is -2.37. The fraction of sp³-hybridized carbons (Fsp3) is 0.412. The minimum Gasteiger partial charge on any atom is -0.271 e. The van der Waals surface area contributed by atoms with Crippen LogP contribution in [0.5, 0.6) is 0 Å². The van der Waals surface area contributed by atoms with E-state index in [2.05, 4.69) is 24.9 Å². The summed E-state index contributed by atoms with van der Waals surface area (Å²) in [4.78, 5) is 26.6. The molecule has 2 aliphatic rings. The van der Waals surface area contributed by atoms with E-state index >= 15 is 0 Å². The van der Waals surface area contributed by atoms with E-state index < -0.39 is 5.41 Å². The summed E-state index contributed by atoms with van der Waals surface area (Å²) in [6, 6.07) is 9.93. The number of nitrogens with zero attached hydrogens (tertiary/aromatic N) is 1. The van der Waals surface area contributed by atoms with Gasteiger partial charge < -0.3 is 0 Å². The molecule has 1 amide bonds. The van der Waals surface area contributed by atoms with Crippen LogP contribution in [0.15, 0.2) is 41.4 Å². The average Bonchev–Trinajstić information content (AvgIpc) is 2.84. The van der Waals surface area contributed by atoms with Gasteiger partial charge in [0, 0.05) is 0 Å². The van der Waals surface area contributed by atoms with E-state index in [4.69, 9.17) is 0 Å². The molecular weight excluding hydrogens is 250 g/mol. The van der Waals surface area contributed by atoms with Crippen molar-refractivity contribution in [2.45, 2.75) is 26.7 Å².